The quantitative estimate of drug-likeness (QED) is 0.812. The predicted molar refractivity (Wildman–Crippen MR) is 77.0 cm³/mol. The van der Waals surface area contributed by atoms with Crippen LogP contribution in [0, 0.1) is 6.92 Å². The summed E-state index contributed by atoms with van der Waals surface area (Å²) in [4.78, 5) is 0.0834. The second-order valence-corrected chi connectivity index (χ2v) is 6.13. The van der Waals surface area contributed by atoms with Gasteiger partial charge in [0.05, 0.1) is 7.11 Å². The molecule has 0 saturated heterocycles. The van der Waals surface area contributed by atoms with Crippen LogP contribution in [-0.4, -0.2) is 15.5 Å². The van der Waals surface area contributed by atoms with Crippen LogP contribution in [0.2, 0.25) is 5.02 Å². The molecule has 0 aliphatic rings. The van der Waals surface area contributed by atoms with Gasteiger partial charge >= 0.3 is 10.1 Å². The van der Waals surface area contributed by atoms with Gasteiger partial charge in [-0.3, -0.25) is 0 Å². The standard InChI is InChI=1S/C14H13ClO4S/c1-10-3-6-12(7-4-10)20(16,17)19-13-8-5-11(15)9-14(13)18-2/h3-9H,1-2H3. The van der Waals surface area contributed by atoms with E-state index in [0.717, 1.165) is 5.56 Å². The zero-order chi connectivity index (χ0) is 14.8. The van der Waals surface area contributed by atoms with Crippen molar-refractivity contribution >= 4 is 21.7 Å². The summed E-state index contributed by atoms with van der Waals surface area (Å²) in [6, 6.07) is 10.9. The molecule has 0 aliphatic heterocycles. The molecule has 0 amide bonds. The van der Waals surface area contributed by atoms with Gasteiger partial charge in [-0.2, -0.15) is 8.42 Å². The van der Waals surface area contributed by atoms with Crippen molar-refractivity contribution in [2.45, 2.75) is 11.8 Å². The Bertz CT molecular complexity index is 708. The molecular formula is C14H13ClO4S. The van der Waals surface area contributed by atoms with Gasteiger partial charge in [-0.05, 0) is 31.2 Å². The highest BCUT2D eigenvalue weighted by Crippen LogP contribution is 2.32. The topological polar surface area (TPSA) is 52.6 Å². The lowest BCUT2D eigenvalue weighted by molar-refractivity contribution is 0.390. The highest BCUT2D eigenvalue weighted by atomic mass is 35.5. The zero-order valence-corrected chi connectivity index (χ0v) is 12.5. The molecule has 106 valence electrons. The van der Waals surface area contributed by atoms with Crippen LogP contribution < -0.4 is 8.92 Å². The maximum atomic E-state index is 12.2. The summed E-state index contributed by atoms with van der Waals surface area (Å²) in [5, 5.41) is 0.432. The van der Waals surface area contributed by atoms with Crippen LogP contribution in [0.5, 0.6) is 11.5 Å². The van der Waals surface area contributed by atoms with E-state index >= 15 is 0 Å². The Morgan fingerprint density at radius 2 is 1.65 bits per heavy atom. The van der Waals surface area contributed by atoms with Crippen molar-refractivity contribution in [3.63, 3.8) is 0 Å². The molecule has 0 aromatic heterocycles. The number of halogens is 1. The number of benzene rings is 2. The summed E-state index contributed by atoms with van der Waals surface area (Å²) >= 11 is 5.82. The van der Waals surface area contributed by atoms with Crippen LogP contribution in [0.15, 0.2) is 47.4 Å². The molecule has 0 fully saturated rings. The van der Waals surface area contributed by atoms with Crippen molar-refractivity contribution in [2.75, 3.05) is 7.11 Å². The molecule has 0 unspecified atom stereocenters. The van der Waals surface area contributed by atoms with Gasteiger partial charge in [0, 0.05) is 11.1 Å². The van der Waals surface area contributed by atoms with E-state index in [4.69, 9.17) is 20.5 Å². The fourth-order valence-electron chi connectivity index (χ4n) is 1.58. The van der Waals surface area contributed by atoms with Gasteiger partial charge in [-0.1, -0.05) is 29.3 Å². The fraction of sp³-hybridized carbons (Fsp3) is 0.143. The number of hydrogen-bond donors (Lipinski definition) is 0. The van der Waals surface area contributed by atoms with E-state index in [2.05, 4.69) is 0 Å². The van der Waals surface area contributed by atoms with Crippen molar-refractivity contribution in [1.29, 1.82) is 0 Å². The molecule has 2 aromatic rings. The van der Waals surface area contributed by atoms with E-state index in [1.165, 1.54) is 37.4 Å². The molecule has 20 heavy (non-hydrogen) atoms. The molecule has 6 heteroatoms. The largest absolute Gasteiger partial charge is 0.493 e. The van der Waals surface area contributed by atoms with Crippen LogP contribution >= 0.6 is 11.6 Å². The normalized spacial score (nSPS) is 11.2. The lowest BCUT2D eigenvalue weighted by Gasteiger charge is -2.11. The van der Waals surface area contributed by atoms with E-state index in [-0.39, 0.29) is 16.4 Å². The third-order valence-corrected chi connectivity index (χ3v) is 4.12. The van der Waals surface area contributed by atoms with Crippen LogP contribution in [0.4, 0.5) is 0 Å². The van der Waals surface area contributed by atoms with Gasteiger partial charge in [-0.25, -0.2) is 0 Å². The van der Waals surface area contributed by atoms with Gasteiger partial charge in [0.1, 0.15) is 4.90 Å². The van der Waals surface area contributed by atoms with E-state index < -0.39 is 10.1 Å². The Morgan fingerprint density at radius 3 is 2.25 bits per heavy atom. The van der Waals surface area contributed by atoms with Crippen LogP contribution in [-0.2, 0) is 10.1 Å². The summed E-state index contributed by atoms with van der Waals surface area (Å²) in [6.45, 7) is 1.87. The van der Waals surface area contributed by atoms with E-state index in [9.17, 15) is 8.42 Å². The monoisotopic (exact) mass is 312 g/mol. The molecule has 0 heterocycles. The van der Waals surface area contributed by atoms with E-state index in [1.807, 2.05) is 6.92 Å². The van der Waals surface area contributed by atoms with E-state index in [0.29, 0.717) is 5.02 Å². The number of aryl methyl sites for hydroxylation is 1. The Labute approximate surface area is 123 Å². The molecule has 2 aromatic carbocycles. The Kier molecular flexibility index (Phi) is 4.20. The van der Waals surface area contributed by atoms with Gasteiger partial charge in [-0.15, -0.1) is 0 Å². The molecule has 0 aliphatic carbocycles. The van der Waals surface area contributed by atoms with Crippen molar-refractivity contribution < 1.29 is 17.3 Å². The second kappa shape index (κ2) is 5.73. The van der Waals surface area contributed by atoms with Gasteiger partial charge in [0.2, 0.25) is 0 Å². The maximum Gasteiger partial charge on any atom is 0.339 e. The number of rotatable bonds is 4. The summed E-state index contributed by atoms with van der Waals surface area (Å²) in [5.41, 5.74) is 0.966. The average molecular weight is 313 g/mol. The summed E-state index contributed by atoms with van der Waals surface area (Å²) in [6.07, 6.45) is 0. The highest BCUT2D eigenvalue weighted by Gasteiger charge is 2.19. The molecule has 0 N–H and O–H groups in total. The number of ether oxygens (including phenoxy) is 1. The van der Waals surface area contributed by atoms with Crippen molar-refractivity contribution in [3.8, 4) is 11.5 Å². The minimum atomic E-state index is -3.90. The molecule has 2 rings (SSSR count). The summed E-state index contributed by atoms with van der Waals surface area (Å²) < 4.78 is 34.5. The maximum absolute atomic E-state index is 12.2. The lowest BCUT2D eigenvalue weighted by Crippen LogP contribution is -2.10. The first-order chi connectivity index (χ1) is 9.42. The lowest BCUT2D eigenvalue weighted by atomic mass is 10.2. The summed E-state index contributed by atoms with van der Waals surface area (Å²) in [7, 11) is -2.48. The van der Waals surface area contributed by atoms with Gasteiger partial charge in [0.15, 0.2) is 11.5 Å². The SMILES string of the molecule is COc1cc(Cl)ccc1OS(=O)(=O)c1ccc(C)cc1. The van der Waals surface area contributed by atoms with Crippen LogP contribution in [0.3, 0.4) is 0 Å². The second-order valence-electron chi connectivity index (χ2n) is 4.15. The van der Waals surface area contributed by atoms with E-state index in [1.54, 1.807) is 12.1 Å². The molecule has 0 atom stereocenters. The third-order valence-electron chi connectivity index (χ3n) is 2.63. The van der Waals surface area contributed by atoms with Crippen molar-refractivity contribution in [1.82, 2.24) is 0 Å². The zero-order valence-electron chi connectivity index (χ0n) is 11.0. The predicted octanol–water partition coefficient (Wildman–Crippen LogP) is 3.42. The Balaban J connectivity index is 2.35. The van der Waals surface area contributed by atoms with Crippen molar-refractivity contribution in [2.24, 2.45) is 0 Å². The first-order valence-electron chi connectivity index (χ1n) is 5.77. The van der Waals surface area contributed by atoms with Crippen LogP contribution in [0.1, 0.15) is 5.56 Å². The minimum Gasteiger partial charge on any atom is -0.493 e. The fourth-order valence-corrected chi connectivity index (χ4v) is 2.68. The average Bonchev–Trinajstić information content (AvgIpc) is 2.41. The van der Waals surface area contributed by atoms with Gasteiger partial charge in [0.25, 0.3) is 0 Å². The molecular weight excluding hydrogens is 300 g/mol. The summed E-state index contributed by atoms with van der Waals surface area (Å²) in [5.74, 6) is 0.352. The highest BCUT2D eigenvalue weighted by molar-refractivity contribution is 7.87. The Morgan fingerprint density at radius 1 is 1.00 bits per heavy atom. The molecule has 4 nitrogen and oxygen atoms in total. The van der Waals surface area contributed by atoms with Crippen molar-refractivity contribution in [3.05, 3.63) is 53.1 Å². The first-order valence-corrected chi connectivity index (χ1v) is 7.56. The Hall–Kier alpha value is -1.72. The van der Waals surface area contributed by atoms with Gasteiger partial charge < -0.3 is 8.92 Å². The van der Waals surface area contributed by atoms with Crippen LogP contribution in [0.25, 0.3) is 0 Å². The third kappa shape index (κ3) is 3.23. The number of methoxy groups -OCH3 is 1. The first kappa shape index (κ1) is 14.7. The minimum absolute atomic E-state index is 0.0834. The molecule has 0 bridgehead atoms. The molecule has 0 radical (unpaired) electrons. The smallest absolute Gasteiger partial charge is 0.339 e. The number of hydrogen-bond acceptors (Lipinski definition) is 4. The molecule has 0 saturated carbocycles. The molecule has 0 spiro atoms.